The van der Waals surface area contributed by atoms with Crippen LogP contribution in [0.5, 0.6) is 0 Å². The number of rotatable bonds is 5. The van der Waals surface area contributed by atoms with Crippen molar-refractivity contribution < 1.29 is 0 Å². The molecule has 0 heterocycles. The van der Waals surface area contributed by atoms with Crippen molar-refractivity contribution in [2.24, 2.45) is 0 Å². The van der Waals surface area contributed by atoms with Gasteiger partial charge in [0, 0.05) is 21.3 Å². The molecule has 0 amide bonds. The maximum atomic E-state index is 2.29. The summed E-state index contributed by atoms with van der Waals surface area (Å²) in [5.74, 6) is 2.24. The van der Waals surface area contributed by atoms with Gasteiger partial charge in [-0.05, 0) is 45.8 Å². The van der Waals surface area contributed by atoms with Gasteiger partial charge < -0.3 is 0 Å². The molecule has 0 bridgehead atoms. The molecule has 2 heteroatoms. The second-order valence-corrected chi connectivity index (χ2v) is 8.05. The lowest BCUT2D eigenvalue weighted by molar-refractivity contribution is 1.44. The average molecular weight is 347 g/mol. The molecule has 0 atom stereocenters. The molecule has 4 aromatic rings. The van der Waals surface area contributed by atoms with Crippen molar-refractivity contribution in [3.8, 4) is 0 Å². The van der Waals surface area contributed by atoms with Gasteiger partial charge in [0.05, 0.1) is 0 Å². The molecule has 24 heavy (non-hydrogen) atoms. The second-order valence-electron chi connectivity index (χ2n) is 5.71. The molecule has 0 aliphatic carbocycles. The van der Waals surface area contributed by atoms with Crippen LogP contribution in [0.15, 0.2) is 94.7 Å². The molecule has 0 saturated heterocycles. The number of thioether (sulfide) groups is 2. The van der Waals surface area contributed by atoms with Crippen LogP contribution >= 0.6 is 23.5 Å². The largest absolute Gasteiger partial charge is 0.125 e. The van der Waals surface area contributed by atoms with E-state index in [0.717, 1.165) is 11.5 Å². The van der Waals surface area contributed by atoms with Crippen LogP contribution in [0.25, 0.3) is 21.5 Å². The standard InChI is InChI=1S/C22H18S2/c1-3-7-19-15-21(11-9-17(19)5-1)23-13-14-24-22-12-10-18-6-2-4-8-20(18)16-22/h1-12,15-16H,13-14H2. The minimum absolute atomic E-state index is 1.12. The zero-order valence-corrected chi connectivity index (χ0v) is 14.9. The first kappa shape index (κ1) is 15.6. The first-order chi connectivity index (χ1) is 11.9. The summed E-state index contributed by atoms with van der Waals surface area (Å²) in [4.78, 5) is 2.71. The highest BCUT2D eigenvalue weighted by molar-refractivity contribution is 8.03. The van der Waals surface area contributed by atoms with Crippen molar-refractivity contribution in [2.75, 3.05) is 11.5 Å². The summed E-state index contributed by atoms with van der Waals surface area (Å²) in [7, 11) is 0. The van der Waals surface area contributed by atoms with Gasteiger partial charge in [-0.3, -0.25) is 0 Å². The smallest absolute Gasteiger partial charge is 0.00786 e. The summed E-state index contributed by atoms with van der Waals surface area (Å²) in [5.41, 5.74) is 0. The number of hydrogen-bond acceptors (Lipinski definition) is 2. The van der Waals surface area contributed by atoms with E-state index in [-0.39, 0.29) is 0 Å². The van der Waals surface area contributed by atoms with E-state index in [1.807, 2.05) is 23.5 Å². The normalized spacial score (nSPS) is 11.2. The third kappa shape index (κ3) is 3.61. The van der Waals surface area contributed by atoms with Gasteiger partial charge in [0.15, 0.2) is 0 Å². The van der Waals surface area contributed by atoms with E-state index in [4.69, 9.17) is 0 Å². The number of benzene rings is 4. The monoisotopic (exact) mass is 346 g/mol. The van der Waals surface area contributed by atoms with Crippen molar-refractivity contribution >= 4 is 45.1 Å². The minimum atomic E-state index is 1.12. The van der Waals surface area contributed by atoms with Gasteiger partial charge in [-0.1, -0.05) is 60.7 Å². The molecule has 0 spiro atoms. The van der Waals surface area contributed by atoms with Crippen molar-refractivity contribution in [3.05, 3.63) is 84.9 Å². The first-order valence-electron chi connectivity index (χ1n) is 8.12. The SMILES string of the molecule is c1ccc2cc(SCCSc3ccc4ccccc4c3)ccc2c1. The molecule has 0 aromatic heterocycles. The van der Waals surface area contributed by atoms with E-state index >= 15 is 0 Å². The van der Waals surface area contributed by atoms with E-state index in [1.165, 1.54) is 31.3 Å². The fourth-order valence-electron chi connectivity index (χ4n) is 2.83. The van der Waals surface area contributed by atoms with Crippen LogP contribution in [0, 0.1) is 0 Å². The van der Waals surface area contributed by atoms with Gasteiger partial charge in [-0.25, -0.2) is 0 Å². The van der Waals surface area contributed by atoms with Gasteiger partial charge in [-0.15, -0.1) is 23.5 Å². The molecule has 118 valence electrons. The Hall–Kier alpha value is -1.90. The molecule has 0 nitrogen and oxygen atoms in total. The highest BCUT2D eigenvalue weighted by Crippen LogP contribution is 2.27. The fourth-order valence-corrected chi connectivity index (χ4v) is 4.72. The highest BCUT2D eigenvalue weighted by Gasteiger charge is 2.00. The van der Waals surface area contributed by atoms with Crippen molar-refractivity contribution in [3.63, 3.8) is 0 Å². The van der Waals surface area contributed by atoms with Crippen LogP contribution < -0.4 is 0 Å². The van der Waals surface area contributed by atoms with Crippen LogP contribution in [0.2, 0.25) is 0 Å². The molecule has 0 saturated carbocycles. The van der Waals surface area contributed by atoms with E-state index in [9.17, 15) is 0 Å². The number of fused-ring (bicyclic) bond motifs is 2. The van der Waals surface area contributed by atoms with Gasteiger partial charge in [0.1, 0.15) is 0 Å². The maximum absolute atomic E-state index is 2.29. The van der Waals surface area contributed by atoms with Gasteiger partial charge >= 0.3 is 0 Å². The average Bonchev–Trinajstić information content (AvgIpc) is 2.65. The third-order valence-electron chi connectivity index (χ3n) is 4.06. The molecular formula is C22H18S2. The highest BCUT2D eigenvalue weighted by atomic mass is 32.2. The molecular weight excluding hydrogens is 328 g/mol. The quantitative estimate of drug-likeness (QED) is 0.285. The Kier molecular flexibility index (Phi) is 4.77. The Morgan fingerprint density at radius 1 is 0.458 bits per heavy atom. The fraction of sp³-hybridized carbons (Fsp3) is 0.0909. The van der Waals surface area contributed by atoms with Crippen LogP contribution in [-0.2, 0) is 0 Å². The summed E-state index contributed by atoms with van der Waals surface area (Å²) < 4.78 is 0. The van der Waals surface area contributed by atoms with Gasteiger partial charge in [0.2, 0.25) is 0 Å². The lowest BCUT2D eigenvalue weighted by Gasteiger charge is -2.05. The summed E-state index contributed by atoms with van der Waals surface area (Å²) in [6.07, 6.45) is 0. The van der Waals surface area contributed by atoms with Crippen LogP contribution in [0.1, 0.15) is 0 Å². The Morgan fingerprint density at radius 2 is 0.875 bits per heavy atom. The van der Waals surface area contributed by atoms with Gasteiger partial charge in [0.25, 0.3) is 0 Å². The summed E-state index contributed by atoms with van der Waals surface area (Å²) in [6.45, 7) is 0. The van der Waals surface area contributed by atoms with E-state index in [1.54, 1.807) is 0 Å². The lowest BCUT2D eigenvalue weighted by Crippen LogP contribution is -1.85. The topological polar surface area (TPSA) is 0 Å². The molecule has 0 fully saturated rings. The van der Waals surface area contributed by atoms with Crippen LogP contribution in [-0.4, -0.2) is 11.5 Å². The molecule has 4 aromatic carbocycles. The van der Waals surface area contributed by atoms with E-state index in [0.29, 0.717) is 0 Å². The van der Waals surface area contributed by atoms with E-state index in [2.05, 4.69) is 84.9 Å². The summed E-state index contributed by atoms with van der Waals surface area (Å²) in [6, 6.07) is 30.6. The predicted octanol–water partition coefficient (Wildman–Crippen LogP) is 6.88. The number of hydrogen-bond donors (Lipinski definition) is 0. The zero-order chi connectivity index (χ0) is 16.2. The van der Waals surface area contributed by atoms with Crippen molar-refractivity contribution in [2.45, 2.75) is 9.79 Å². The van der Waals surface area contributed by atoms with Crippen LogP contribution in [0.4, 0.5) is 0 Å². The Labute approximate surface area is 151 Å². The molecule has 4 rings (SSSR count). The van der Waals surface area contributed by atoms with E-state index < -0.39 is 0 Å². The molecule has 0 aliphatic rings. The Bertz CT molecular complexity index is 894. The Morgan fingerprint density at radius 3 is 1.33 bits per heavy atom. The summed E-state index contributed by atoms with van der Waals surface area (Å²) >= 11 is 3.87. The van der Waals surface area contributed by atoms with Crippen LogP contribution in [0.3, 0.4) is 0 Å². The minimum Gasteiger partial charge on any atom is -0.125 e. The molecule has 0 N–H and O–H groups in total. The lowest BCUT2D eigenvalue weighted by atomic mass is 10.1. The molecule has 0 unspecified atom stereocenters. The summed E-state index contributed by atoms with van der Waals surface area (Å²) in [5, 5.41) is 5.27. The van der Waals surface area contributed by atoms with Crippen molar-refractivity contribution in [1.82, 2.24) is 0 Å². The third-order valence-corrected chi connectivity index (χ3v) is 6.31. The zero-order valence-electron chi connectivity index (χ0n) is 13.3. The maximum Gasteiger partial charge on any atom is 0.00786 e. The molecule has 0 aliphatic heterocycles. The first-order valence-corrected chi connectivity index (χ1v) is 10.1. The molecule has 0 radical (unpaired) electrons. The predicted molar refractivity (Wildman–Crippen MR) is 109 cm³/mol. The van der Waals surface area contributed by atoms with Gasteiger partial charge in [-0.2, -0.15) is 0 Å². The Balaban J connectivity index is 1.36. The van der Waals surface area contributed by atoms with Crippen molar-refractivity contribution in [1.29, 1.82) is 0 Å². The second kappa shape index (κ2) is 7.33.